The number of fused-ring (bicyclic) bond motifs is 1. The summed E-state index contributed by atoms with van der Waals surface area (Å²) in [5.41, 5.74) is 1.70. The van der Waals surface area contributed by atoms with Crippen LogP contribution in [0.15, 0.2) is 76.8 Å². The Labute approximate surface area is 178 Å². The van der Waals surface area contributed by atoms with Gasteiger partial charge < -0.3 is 9.88 Å². The first-order valence-corrected chi connectivity index (χ1v) is 10.1. The molecular weight excluding hydrogens is 394 g/mol. The standard InChI is InChI=1S/C23H23N5O3/c1-2-27-22(30)19-8-3-4-9-20(19)28(23(27)31)15-21(29)25-13-17-6-5-7-18(12-17)14-26-11-10-24-16-26/h3-12,16H,2,13-15H2,1H3,(H,25,29). The highest BCUT2D eigenvalue weighted by Gasteiger charge is 2.14. The van der Waals surface area contributed by atoms with Gasteiger partial charge in [-0.2, -0.15) is 0 Å². The van der Waals surface area contributed by atoms with Crippen molar-refractivity contribution in [2.24, 2.45) is 0 Å². The third kappa shape index (κ3) is 4.32. The van der Waals surface area contributed by atoms with E-state index in [4.69, 9.17) is 0 Å². The van der Waals surface area contributed by atoms with E-state index in [1.54, 1.807) is 43.7 Å². The van der Waals surface area contributed by atoms with Crippen LogP contribution in [0.25, 0.3) is 10.9 Å². The fourth-order valence-corrected chi connectivity index (χ4v) is 3.63. The zero-order valence-corrected chi connectivity index (χ0v) is 17.2. The van der Waals surface area contributed by atoms with E-state index in [1.165, 1.54) is 4.57 Å². The summed E-state index contributed by atoms with van der Waals surface area (Å²) in [5.74, 6) is -0.298. The molecule has 0 aliphatic heterocycles. The molecular formula is C23H23N5O3. The summed E-state index contributed by atoms with van der Waals surface area (Å²) in [4.78, 5) is 42.0. The van der Waals surface area contributed by atoms with Gasteiger partial charge in [0.2, 0.25) is 5.91 Å². The molecule has 0 saturated carbocycles. The number of para-hydroxylation sites is 1. The van der Waals surface area contributed by atoms with E-state index in [2.05, 4.69) is 10.3 Å². The van der Waals surface area contributed by atoms with E-state index in [0.29, 0.717) is 24.0 Å². The third-order valence-corrected chi connectivity index (χ3v) is 5.16. The minimum Gasteiger partial charge on any atom is -0.350 e. The van der Waals surface area contributed by atoms with Crippen molar-refractivity contribution < 1.29 is 4.79 Å². The number of carbonyl (C=O) groups excluding carboxylic acids is 1. The highest BCUT2D eigenvalue weighted by molar-refractivity contribution is 5.81. The van der Waals surface area contributed by atoms with Crippen molar-refractivity contribution in [3.05, 3.63) is 99.2 Å². The molecule has 158 valence electrons. The molecule has 1 amide bonds. The number of carbonyl (C=O) groups is 1. The van der Waals surface area contributed by atoms with Gasteiger partial charge in [-0.3, -0.25) is 18.7 Å². The fraction of sp³-hybridized carbons (Fsp3) is 0.217. The van der Waals surface area contributed by atoms with Gasteiger partial charge in [0, 0.05) is 32.0 Å². The van der Waals surface area contributed by atoms with Crippen molar-refractivity contribution >= 4 is 16.8 Å². The predicted octanol–water partition coefficient (Wildman–Crippen LogP) is 1.74. The lowest BCUT2D eigenvalue weighted by Gasteiger charge is -2.13. The van der Waals surface area contributed by atoms with Crippen molar-refractivity contribution in [1.82, 2.24) is 24.0 Å². The van der Waals surface area contributed by atoms with E-state index >= 15 is 0 Å². The first kappa shape index (κ1) is 20.3. The molecule has 0 unspecified atom stereocenters. The molecule has 31 heavy (non-hydrogen) atoms. The molecule has 0 radical (unpaired) electrons. The molecule has 2 aromatic carbocycles. The number of nitrogens with zero attached hydrogens (tertiary/aromatic N) is 4. The average Bonchev–Trinajstić information content (AvgIpc) is 3.29. The SMILES string of the molecule is CCn1c(=O)c2ccccc2n(CC(=O)NCc2cccc(Cn3ccnc3)c2)c1=O. The Morgan fingerprint density at radius 1 is 1.03 bits per heavy atom. The smallest absolute Gasteiger partial charge is 0.331 e. The molecule has 4 rings (SSSR count). The van der Waals surface area contributed by atoms with Gasteiger partial charge in [-0.25, -0.2) is 9.78 Å². The maximum atomic E-state index is 12.8. The van der Waals surface area contributed by atoms with Gasteiger partial charge in [0.1, 0.15) is 6.54 Å². The Balaban J connectivity index is 1.51. The Hall–Kier alpha value is -3.94. The molecule has 0 fully saturated rings. The maximum absolute atomic E-state index is 12.8. The van der Waals surface area contributed by atoms with Crippen LogP contribution in [0.1, 0.15) is 18.1 Å². The second-order valence-corrected chi connectivity index (χ2v) is 7.27. The van der Waals surface area contributed by atoms with Crippen LogP contribution in [0.2, 0.25) is 0 Å². The maximum Gasteiger partial charge on any atom is 0.331 e. The van der Waals surface area contributed by atoms with Crippen molar-refractivity contribution in [2.75, 3.05) is 0 Å². The summed E-state index contributed by atoms with van der Waals surface area (Å²) in [6.07, 6.45) is 5.38. The highest BCUT2D eigenvalue weighted by atomic mass is 16.2. The minimum absolute atomic E-state index is 0.158. The Kier molecular flexibility index (Phi) is 5.79. The van der Waals surface area contributed by atoms with Gasteiger partial charge in [0.25, 0.3) is 5.56 Å². The molecule has 0 spiro atoms. The average molecular weight is 417 g/mol. The predicted molar refractivity (Wildman–Crippen MR) is 118 cm³/mol. The number of benzene rings is 2. The fourth-order valence-electron chi connectivity index (χ4n) is 3.63. The summed E-state index contributed by atoms with van der Waals surface area (Å²) in [7, 11) is 0. The van der Waals surface area contributed by atoms with Crippen LogP contribution in [-0.2, 0) is 31.0 Å². The van der Waals surface area contributed by atoms with Crippen LogP contribution in [0.5, 0.6) is 0 Å². The van der Waals surface area contributed by atoms with Crippen molar-refractivity contribution in [2.45, 2.75) is 33.1 Å². The first-order chi connectivity index (χ1) is 15.1. The number of nitrogens with one attached hydrogen (secondary N) is 1. The quantitative estimate of drug-likeness (QED) is 0.496. The molecule has 4 aromatic rings. The lowest BCUT2D eigenvalue weighted by atomic mass is 10.1. The molecule has 0 saturated heterocycles. The summed E-state index contributed by atoms with van der Waals surface area (Å²) in [6, 6.07) is 14.8. The lowest BCUT2D eigenvalue weighted by Crippen LogP contribution is -2.42. The summed E-state index contributed by atoms with van der Waals surface area (Å²) >= 11 is 0. The lowest BCUT2D eigenvalue weighted by molar-refractivity contribution is -0.121. The first-order valence-electron chi connectivity index (χ1n) is 10.1. The van der Waals surface area contributed by atoms with Crippen LogP contribution >= 0.6 is 0 Å². The molecule has 0 atom stereocenters. The van der Waals surface area contributed by atoms with Crippen LogP contribution in [0.3, 0.4) is 0 Å². The van der Waals surface area contributed by atoms with Gasteiger partial charge in [0.15, 0.2) is 0 Å². The molecule has 8 nitrogen and oxygen atoms in total. The summed E-state index contributed by atoms with van der Waals surface area (Å²) in [5, 5.41) is 3.29. The van der Waals surface area contributed by atoms with Crippen molar-refractivity contribution in [3.8, 4) is 0 Å². The van der Waals surface area contributed by atoms with Gasteiger partial charge in [-0.05, 0) is 30.2 Å². The van der Waals surface area contributed by atoms with Crippen LogP contribution in [-0.4, -0.2) is 24.6 Å². The van der Waals surface area contributed by atoms with Crippen LogP contribution in [0.4, 0.5) is 0 Å². The van der Waals surface area contributed by atoms with E-state index in [0.717, 1.165) is 15.7 Å². The van der Waals surface area contributed by atoms with E-state index in [-0.39, 0.29) is 24.6 Å². The van der Waals surface area contributed by atoms with E-state index in [1.807, 2.05) is 35.0 Å². The minimum atomic E-state index is -0.483. The van der Waals surface area contributed by atoms with Gasteiger partial charge >= 0.3 is 5.69 Å². The van der Waals surface area contributed by atoms with E-state index in [9.17, 15) is 14.4 Å². The van der Waals surface area contributed by atoms with Crippen LogP contribution < -0.4 is 16.6 Å². The van der Waals surface area contributed by atoms with Gasteiger partial charge in [-0.15, -0.1) is 0 Å². The molecule has 0 aliphatic carbocycles. The molecule has 1 N–H and O–H groups in total. The number of aromatic nitrogens is 4. The monoisotopic (exact) mass is 417 g/mol. The second-order valence-electron chi connectivity index (χ2n) is 7.27. The van der Waals surface area contributed by atoms with E-state index < -0.39 is 5.69 Å². The number of rotatable bonds is 7. The second kappa shape index (κ2) is 8.83. The Morgan fingerprint density at radius 2 is 1.84 bits per heavy atom. The van der Waals surface area contributed by atoms with Crippen molar-refractivity contribution in [1.29, 1.82) is 0 Å². The zero-order valence-electron chi connectivity index (χ0n) is 17.2. The highest BCUT2D eigenvalue weighted by Crippen LogP contribution is 2.09. The molecule has 2 aromatic heterocycles. The number of imidazole rings is 1. The molecule has 2 heterocycles. The van der Waals surface area contributed by atoms with Gasteiger partial charge in [-0.1, -0.05) is 36.4 Å². The normalized spacial score (nSPS) is 11.0. The van der Waals surface area contributed by atoms with Crippen molar-refractivity contribution in [3.63, 3.8) is 0 Å². The Bertz CT molecular complexity index is 1340. The third-order valence-electron chi connectivity index (χ3n) is 5.16. The largest absolute Gasteiger partial charge is 0.350 e. The molecule has 0 bridgehead atoms. The Morgan fingerprint density at radius 3 is 2.61 bits per heavy atom. The number of amides is 1. The summed E-state index contributed by atoms with van der Waals surface area (Å²) in [6.45, 7) is 2.86. The van der Waals surface area contributed by atoms with Gasteiger partial charge in [0.05, 0.1) is 17.2 Å². The van der Waals surface area contributed by atoms with Crippen LogP contribution in [0, 0.1) is 0 Å². The zero-order chi connectivity index (χ0) is 21.8. The number of hydrogen-bond donors (Lipinski definition) is 1. The topological polar surface area (TPSA) is 90.9 Å². The summed E-state index contributed by atoms with van der Waals surface area (Å²) < 4.78 is 4.47. The number of hydrogen-bond acceptors (Lipinski definition) is 4. The molecule has 8 heteroatoms. The molecule has 0 aliphatic rings.